The van der Waals surface area contributed by atoms with E-state index in [0.29, 0.717) is 105 Å². The molecule has 0 atom stereocenters. The van der Waals surface area contributed by atoms with Crippen LogP contribution in [0.4, 0.5) is 13.2 Å². The number of hydrogen-bond donors (Lipinski definition) is 0. The predicted molar refractivity (Wildman–Crippen MR) is 493 cm³/mol. The van der Waals surface area contributed by atoms with Gasteiger partial charge >= 0.3 is 0 Å². The largest absolute Gasteiger partial charge is 0.481 e. The quantitative estimate of drug-likeness (QED) is 0.0759. The van der Waals surface area contributed by atoms with Crippen LogP contribution < -0.4 is 4.74 Å². The molecule has 0 N–H and O–H groups in total. The molecule has 0 amide bonds. The van der Waals surface area contributed by atoms with Gasteiger partial charge in [-0.05, 0) is 285 Å². The molecule has 0 aliphatic heterocycles. The van der Waals surface area contributed by atoms with Crippen LogP contribution in [-0.4, -0.2) is 12.1 Å². The Hall–Kier alpha value is -5.27. The van der Waals surface area contributed by atoms with Gasteiger partial charge in [0.2, 0.25) is 5.88 Å². The molecule has 0 aliphatic rings. The second-order valence-corrected chi connectivity index (χ2v) is 38.1. The van der Waals surface area contributed by atoms with Gasteiger partial charge in [0.15, 0.2) is 0 Å². The van der Waals surface area contributed by atoms with Crippen molar-refractivity contribution < 1.29 is 17.9 Å². The molecule has 10 heteroatoms. The van der Waals surface area contributed by atoms with Crippen LogP contribution in [0.5, 0.6) is 5.88 Å². The lowest BCUT2D eigenvalue weighted by atomic mass is 9.83. The van der Waals surface area contributed by atoms with Gasteiger partial charge in [0.05, 0.1) is 7.11 Å². The minimum absolute atomic E-state index is 0.00519. The lowest BCUT2D eigenvalue weighted by Gasteiger charge is -2.23. The molecular formula is C102H147Cl5F3NO. The monoisotopic (exact) mass is 1630 g/mol. The van der Waals surface area contributed by atoms with E-state index in [1.54, 1.807) is 43.6 Å². The van der Waals surface area contributed by atoms with Crippen molar-refractivity contribution in [2.45, 2.75) is 356 Å². The van der Waals surface area contributed by atoms with Gasteiger partial charge < -0.3 is 4.74 Å². The first-order chi connectivity index (χ1) is 51.7. The number of hydrogen-bond acceptors (Lipinski definition) is 2. The van der Waals surface area contributed by atoms with Crippen LogP contribution in [0.3, 0.4) is 0 Å². The van der Waals surface area contributed by atoms with Crippen molar-refractivity contribution in [3.05, 3.63) is 252 Å². The third-order valence-electron chi connectivity index (χ3n) is 20.4. The van der Waals surface area contributed by atoms with Gasteiger partial charge in [0, 0.05) is 37.4 Å². The molecule has 0 saturated carbocycles. The average molecular weight is 1640 g/mol. The summed E-state index contributed by atoms with van der Waals surface area (Å²) in [6.45, 7) is 78.3. The highest BCUT2D eigenvalue weighted by atomic mass is 35.5. The summed E-state index contributed by atoms with van der Waals surface area (Å²) < 4.78 is 47.0. The summed E-state index contributed by atoms with van der Waals surface area (Å²) >= 11 is 30.7. The van der Waals surface area contributed by atoms with Crippen molar-refractivity contribution in [2.24, 2.45) is 0 Å². The Bertz CT molecular complexity index is 3920. The van der Waals surface area contributed by atoms with E-state index in [1.165, 1.54) is 83.5 Å². The zero-order valence-corrected chi connectivity index (χ0v) is 79.9. The molecule has 0 radical (unpaired) electrons. The maximum atomic E-state index is 14.2. The van der Waals surface area contributed by atoms with E-state index in [2.05, 4.69) is 263 Å². The predicted octanol–water partition coefficient (Wildman–Crippen LogP) is 36.8. The van der Waals surface area contributed by atoms with Crippen molar-refractivity contribution in [1.82, 2.24) is 4.98 Å². The summed E-state index contributed by atoms with van der Waals surface area (Å²) in [6, 6.07) is 33.1. The van der Waals surface area contributed by atoms with E-state index in [4.69, 9.17) is 62.7 Å². The number of aromatic nitrogens is 1. The number of ether oxygens (including phenoxy) is 1. The molecule has 7 aromatic carbocycles. The summed E-state index contributed by atoms with van der Waals surface area (Å²) in [5.41, 5.74) is 24.5. The Morgan fingerprint density at radius 1 is 0.259 bits per heavy atom. The Morgan fingerprint density at radius 2 is 0.554 bits per heavy atom. The maximum absolute atomic E-state index is 14.2. The normalized spacial score (nSPS) is 11.6. The number of methoxy groups -OCH3 is 1. The molecule has 0 fully saturated rings. The van der Waals surface area contributed by atoms with Gasteiger partial charge in [-0.3, -0.25) is 0 Å². The Labute approximate surface area is 707 Å². The number of benzene rings is 7. The first kappa shape index (κ1) is 103. The summed E-state index contributed by atoms with van der Waals surface area (Å²) in [4.78, 5) is 4.12. The van der Waals surface area contributed by atoms with Crippen LogP contribution in [0, 0.1) is 17.5 Å². The summed E-state index contributed by atoms with van der Waals surface area (Å²) in [5, 5.41) is 4.18. The number of halogens is 8. The van der Waals surface area contributed by atoms with Gasteiger partial charge in [-0.15, -0.1) is 0 Å². The lowest BCUT2D eigenvalue weighted by Crippen LogP contribution is -2.06. The molecule has 8 aromatic rings. The SMILES string of the molecule is CC(C)c1cc(C(C)C)c(Cl)c(C(C)C)c1.CC(C)c1cc(C(C)C)c(F)c(C(C)C)c1.CC(C)c1cc(Cl)cc(C(C)C)c1C(C)C.CC(C)c1cc(Cl)cc(Cl)c1.CC(C)c1cc(F)cc(C(C)C)c1C(C)C.CC(C)c1ccc(Cl)c(C(C)C)c1C(C)C.COc1cc(-c2cc(F)cc(C(C)C)c2C(C)C)ccn1. The molecule has 112 heavy (non-hydrogen) atoms. The minimum atomic E-state index is -0.200. The Morgan fingerprint density at radius 3 is 0.866 bits per heavy atom. The van der Waals surface area contributed by atoms with E-state index in [1.807, 2.05) is 64.1 Å². The fourth-order valence-corrected chi connectivity index (χ4v) is 16.0. The maximum Gasteiger partial charge on any atom is 0.213 e. The van der Waals surface area contributed by atoms with Gasteiger partial charge in [0.25, 0.3) is 0 Å². The molecule has 622 valence electrons. The van der Waals surface area contributed by atoms with Gasteiger partial charge in [0.1, 0.15) is 17.5 Å². The first-order valence-electron chi connectivity index (χ1n) is 41.7. The van der Waals surface area contributed by atoms with Gasteiger partial charge in [-0.1, -0.05) is 338 Å². The van der Waals surface area contributed by atoms with Crippen LogP contribution in [0.15, 0.2) is 109 Å². The molecular weight excluding hydrogens is 1490 g/mol. The Balaban J connectivity index is 0.000000446. The highest BCUT2D eigenvalue weighted by Gasteiger charge is 2.24. The number of nitrogens with zero attached hydrogens (tertiary/aromatic N) is 1. The van der Waals surface area contributed by atoms with Crippen LogP contribution in [0.1, 0.15) is 456 Å². The fourth-order valence-electron chi connectivity index (χ4n) is 14.3. The molecule has 1 heterocycles. The fraction of sp³-hybridized carbons (Fsp3) is 0.539. The van der Waals surface area contributed by atoms with E-state index >= 15 is 0 Å². The highest BCUT2D eigenvalue weighted by molar-refractivity contribution is 6.35. The lowest BCUT2D eigenvalue weighted by molar-refractivity contribution is 0.398. The van der Waals surface area contributed by atoms with Crippen LogP contribution in [0.2, 0.25) is 25.1 Å². The minimum Gasteiger partial charge on any atom is -0.481 e. The highest BCUT2D eigenvalue weighted by Crippen LogP contribution is 2.42. The number of pyridine rings is 1. The van der Waals surface area contributed by atoms with Gasteiger partial charge in [-0.25, -0.2) is 18.2 Å². The van der Waals surface area contributed by atoms with Crippen LogP contribution in [0.25, 0.3) is 11.1 Å². The topological polar surface area (TPSA) is 22.1 Å². The molecule has 2 nitrogen and oxygen atoms in total. The second kappa shape index (κ2) is 47.8. The molecule has 0 unspecified atom stereocenters. The van der Waals surface area contributed by atoms with Crippen molar-refractivity contribution in [1.29, 1.82) is 0 Å². The van der Waals surface area contributed by atoms with E-state index in [-0.39, 0.29) is 35.2 Å². The smallest absolute Gasteiger partial charge is 0.213 e. The molecule has 8 rings (SSSR count). The van der Waals surface area contributed by atoms with Crippen molar-refractivity contribution in [3.63, 3.8) is 0 Å². The van der Waals surface area contributed by atoms with Crippen LogP contribution >= 0.6 is 58.0 Å². The third-order valence-corrected chi connectivity index (χ3v) is 21.8. The van der Waals surface area contributed by atoms with Crippen molar-refractivity contribution in [2.75, 3.05) is 7.11 Å². The van der Waals surface area contributed by atoms with Crippen molar-refractivity contribution >= 4 is 58.0 Å². The van der Waals surface area contributed by atoms with E-state index < -0.39 is 0 Å². The van der Waals surface area contributed by atoms with E-state index in [0.717, 1.165) is 42.9 Å². The average Bonchev–Trinajstić information content (AvgIpc) is 0.655. The first-order valence-corrected chi connectivity index (χ1v) is 43.6. The third kappa shape index (κ3) is 30.7. The molecule has 0 spiro atoms. The van der Waals surface area contributed by atoms with Crippen LogP contribution in [-0.2, 0) is 0 Å². The zero-order valence-electron chi connectivity index (χ0n) is 76.2. The number of rotatable bonds is 20. The second-order valence-electron chi connectivity index (χ2n) is 36.0. The summed E-state index contributed by atoms with van der Waals surface area (Å²) in [5.74, 6) is 8.23. The summed E-state index contributed by atoms with van der Waals surface area (Å²) in [6.07, 6.45) is 1.69. The van der Waals surface area contributed by atoms with E-state index in [9.17, 15) is 13.2 Å². The molecule has 0 aliphatic carbocycles. The summed E-state index contributed by atoms with van der Waals surface area (Å²) in [7, 11) is 1.58. The standard InChI is InChI=1S/C18H22FNO.3C15H23Cl.2C15H23F.C9H10Cl2/c1-11(2)15-9-14(19)10-16(18(15)12(3)4)13-6-7-20-17(8-13)21-5;1-9(2)13-7-12(16)8-14(10(3)4)15(13)11(5)6;1-9(2)12-7-13(10(3)4)15(16)14(8-12)11(5)6;1-9(2)12-7-8-13(16)15(11(5)6)14(12)10(3)4;1-9(2)13-7-12(16)8-14(10(3)4)15(13)11(5)6;1-9(2)12-7-13(10(3)4)15(16)14(8-12)11(5)6;1-6(2)7-3-8(10)5-9(11)4-7/h6-12H,1-5H3;5*7-11H,1-6H3;3-6H,1-2H3. The zero-order chi connectivity index (χ0) is 86.3. The molecule has 1 aromatic heterocycles. The Kier molecular flexibility index (Phi) is 43.9. The van der Waals surface area contributed by atoms with Gasteiger partial charge in [-0.2, -0.15) is 0 Å². The van der Waals surface area contributed by atoms with Crippen molar-refractivity contribution in [3.8, 4) is 17.0 Å². The molecule has 0 bridgehead atoms. The molecule has 0 saturated heterocycles.